The number of hydrogen-bond donors (Lipinski definition) is 0. The molecule has 0 aliphatic rings. The second kappa shape index (κ2) is 3.36. The molecule has 13 heavy (non-hydrogen) atoms. The van der Waals surface area contributed by atoms with Gasteiger partial charge < -0.3 is 0 Å². The van der Waals surface area contributed by atoms with E-state index < -0.39 is 23.3 Å². The molecule has 0 saturated carbocycles. The molecule has 1 aromatic carbocycles. The van der Waals surface area contributed by atoms with Gasteiger partial charge in [-0.2, -0.15) is 0 Å². The van der Waals surface area contributed by atoms with Crippen molar-refractivity contribution >= 4 is 0 Å². The third-order valence-corrected chi connectivity index (χ3v) is 1.98. The first-order chi connectivity index (χ1) is 6.00. The highest BCUT2D eigenvalue weighted by Gasteiger charge is 2.21. The molecular formula is C9H8F4. The molecule has 1 rings (SSSR count). The number of rotatable bonds is 1. The zero-order valence-corrected chi connectivity index (χ0v) is 7.22. The molecule has 1 aromatic rings. The summed E-state index contributed by atoms with van der Waals surface area (Å²) in [5.41, 5.74) is -0.282. The van der Waals surface area contributed by atoms with E-state index in [-0.39, 0.29) is 17.5 Å². The Balaban J connectivity index is 3.56. The zero-order chi connectivity index (χ0) is 10.2. The highest BCUT2D eigenvalue weighted by Crippen LogP contribution is 2.23. The van der Waals surface area contributed by atoms with Gasteiger partial charge in [0.2, 0.25) is 0 Å². The van der Waals surface area contributed by atoms with Crippen molar-refractivity contribution in [1.82, 2.24) is 0 Å². The van der Waals surface area contributed by atoms with Gasteiger partial charge >= 0.3 is 0 Å². The molecule has 0 saturated heterocycles. The van der Waals surface area contributed by atoms with Crippen LogP contribution in [0.3, 0.4) is 0 Å². The maximum absolute atomic E-state index is 12.9. The maximum Gasteiger partial charge on any atom is 0.197 e. The van der Waals surface area contributed by atoms with Crippen LogP contribution in [0.25, 0.3) is 0 Å². The standard InChI is InChI=1S/C9H8F4/c1-3-5-4(2)6(10)8(12)9(13)7(5)11/h3H2,1-2H3. The quantitative estimate of drug-likeness (QED) is 0.364. The summed E-state index contributed by atoms with van der Waals surface area (Å²) in [7, 11) is 0. The average Bonchev–Trinajstić information content (AvgIpc) is 2.13. The molecule has 0 amide bonds. The zero-order valence-electron chi connectivity index (χ0n) is 7.22. The minimum atomic E-state index is -1.74. The first-order valence-corrected chi connectivity index (χ1v) is 3.82. The van der Waals surface area contributed by atoms with Crippen molar-refractivity contribution < 1.29 is 17.6 Å². The van der Waals surface area contributed by atoms with Gasteiger partial charge in [-0.15, -0.1) is 0 Å². The molecule has 4 heteroatoms. The molecule has 72 valence electrons. The summed E-state index contributed by atoms with van der Waals surface area (Å²) in [5.74, 6) is -6.08. The normalized spacial score (nSPS) is 10.6. The summed E-state index contributed by atoms with van der Waals surface area (Å²) in [4.78, 5) is 0. The van der Waals surface area contributed by atoms with E-state index in [0.717, 1.165) is 0 Å². The fourth-order valence-corrected chi connectivity index (χ4v) is 1.21. The first-order valence-electron chi connectivity index (χ1n) is 3.82. The van der Waals surface area contributed by atoms with Crippen LogP contribution in [0.15, 0.2) is 0 Å². The number of hydrogen-bond acceptors (Lipinski definition) is 0. The van der Waals surface area contributed by atoms with Crippen molar-refractivity contribution in [3.8, 4) is 0 Å². The highest BCUT2D eigenvalue weighted by atomic mass is 19.2. The van der Waals surface area contributed by atoms with Crippen LogP contribution < -0.4 is 0 Å². The van der Waals surface area contributed by atoms with Crippen molar-refractivity contribution in [2.24, 2.45) is 0 Å². The predicted octanol–water partition coefficient (Wildman–Crippen LogP) is 3.11. The summed E-state index contributed by atoms with van der Waals surface area (Å²) in [6.45, 7) is 2.77. The van der Waals surface area contributed by atoms with Gasteiger partial charge in [-0.05, 0) is 24.5 Å². The summed E-state index contributed by atoms with van der Waals surface area (Å²) >= 11 is 0. The Morgan fingerprint density at radius 2 is 1.31 bits per heavy atom. The van der Waals surface area contributed by atoms with Crippen LogP contribution in [0.2, 0.25) is 0 Å². The van der Waals surface area contributed by atoms with Crippen LogP contribution in [-0.2, 0) is 6.42 Å². The number of benzene rings is 1. The molecule has 0 atom stereocenters. The van der Waals surface area contributed by atoms with Crippen LogP contribution in [-0.4, -0.2) is 0 Å². The minimum Gasteiger partial charge on any atom is -0.203 e. The lowest BCUT2D eigenvalue weighted by molar-refractivity contribution is 0.401. The monoisotopic (exact) mass is 192 g/mol. The van der Waals surface area contributed by atoms with E-state index in [0.29, 0.717) is 0 Å². The average molecular weight is 192 g/mol. The lowest BCUT2D eigenvalue weighted by Gasteiger charge is -2.07. The molecule has 0 aliphatic heterocycles. The second-order valence-electron chi connectivity index (χ2n) is 2.71. The summed E-state index contributed by atoms with van der Waals surface area (Å²) in [6.07, 6.45) is 0.131. The Hall–Kier alpha value is -1.06. The van der Waals surface area contributed by atoms with Crippen LogP contribution >= 0.6 is 0 Å². The van der Waals surface area contributed by atoms with Crippen molar-refractivity contribution in [2.75, 3.05) is 0 Å². The van der Waals surface area contributed by atoms with Crippen LogP contribution in [0.4, 0.5) is 17.6 Å². The Morgan fingerprint density at radius 1 is 0.846 bits per heavy atom. The van der Waals surface area contributed by atoms with Gasteiger partial charge in [0.25, 0.3) is 0 Å². The molecule has 0 fully saturated rings. The van der Waals surface area contributed by atoms with Gasteiger partial charge in [0, 0.05) is 0 Å². The molecule has 0 radical (unpaired) electrons. The Bertz CT molecular complexity index is 315. The van der Waals surface area contributed by atoms with E-state index in [1.165, 1.54) is 6.92 Å². The molecule has 0 bridgehead atoms. The molecule has 0 nitrogen and oxygen atoms in total. The molecule has 0 aromatic heterocycles. The minimum absolute atomic E-state index is 0.114. The molecule has 0 unspecified atom stereocenters. The van der Waals surface area contributed by atoms with Gasteiger partial charge in [-0.1, -0.05) is 6.92 Å². The molecule has 0 spiro atoms. The van der Waals surface area contributed by atoms with Gasteiger partial charge in [0.1, 0.15) is 0 Å². The van der Waals surface area contributed by atoms with Crippen molar-refractivity contribution in [2.45, 2.75) is 20.3 Å². The van der Waals surface area contributed by atoms with Crippen molar-refractivity contribution in [3.63, 3.8) is 0 Å². The Kier molecular flexibility index (Phi) is 2.59. The van der Waals surface area contributed by atoms with Crippen LogP contribution in [0.5, 0.6) is 0 Å². The predicted molar refractivity (Wildman–Crippen MR) is 40.4 cm³/mol. The van der Waals surface area contributed by atoms with Gasteiger partial charge in [0.05, 0.1) is 0 Å². The summed E-state index contributed by atoms with van der Waals surface area (Å²) < 4.78 is 51.0. The second-order valence-corrected chi connectivity index (χ2v) is 2.71. The number of halogens is 4. The van der Waals surface area contributed by atoms with E-state index in [4.69, 9.17) is 0 Å². The third-order valence-electron chi connectivity index (χ3n) is 1.98. The highest BCUT2D eigenvalue weighted by molar-refractivity contribution is 5.30. The van der Waals surface area contributed by atoms with Gasteiger partial charge in [-0.3, -0.25) is 0 Å². The van der Waals surface area contributed by atoms with E-state index in [2.05, 4.69) is 0 Å². The van der Waals surface area contributed by atoms with Gasteiger partial charge in [-0.25, -0.2) is 17.6 Å². The van der Waals surface area contributed by atoms with Crippen molar-refractivity contribution in [3.05, 3.63) is 34.4 Å². The largest absolute Gasteiger partial charge is 0.203 e. The lowest BCUT2D eigenvalue weighted by Crippen LogP contribution is -2.04. The molecule has 0 aliphatic carbocycles. The molecule has 0 N–H and O–H groups in total. The third kappa shape index (κ3) is 1.41. The first kappa shape index (κ1) is 10.0. The van der Waals surface area contributed by atoms with E-state index in [9.17, 15) is 17.6 Å². The topological polar surface area (TPSA) is 0 Å². The maximum atomic E-state index is 12.9. The fourth-order valence-electron chi connectivity index (χ4n) is 1.21. The SMILES string of the molecule is CCc1c(C)c(F)c(F)c(F)c1F. The van der Waals surface area contributed by atoms with Gasteiger partial charge in [0.15, 0.2) is 23.3 Å². The van der Waals surface area contributed by atoms with E-state index in [1.54, 1.807) is 6.92 Å². The molecule has 0 heterocycles. The summed E-state index contributed by atoms with van der Waals surface area (Å²) in [5, 5.41) is 0. The lowest BCUT2D eigenvalue weighted by atomic mass is 10.0. The van der Waals surface area contributed by atoms with E-state index >= 15 is 0 Å². The fraction of sp³-hybridized carbons (Fsp3) is 0.333. The van der Waals surface area contributed by atoms with E-state index in [1.807, 2.05) is 0 Å². The Morgan fingerprint density at radius 3 is 1.77 bits per heavy atom. The summed E-state index contributed by atoms with van der Waals surface area (Å²) in [6, 6.07) is 0. The smallest absolute Gasteiger partial charge is 0.197 e. The molecular weight excluding hydrogens is 184 g/mol. The van der Waals surface area contributed by atoms with Crippen molar-refractivity contribution in [1.29, 1.82) is 0 Å². The Labute approximate surface area is 73.2 Å². The van der Waals surface area contributed by atoms with Crippen LogP contribution in [0, 0.1) is 30.2 Å². The van der Waals surface area contributed by atoms with Crippen LogP contribution in [0.1, 0.15) is 18.1 Å².